The molecule has 0 aliphatic carbocycles. The van der Waals surface area contributed by atoms with Gasteiger partial charge in [0.25, 0.3) is 15.2 Å². The van der Waals surface area contributed by atoms with Gasteiger partial charge in [-0.05, 0) is 42.8 Å². The number of para-hydroxylation sites is 1. The van der Waals surface area contributed by atoms with Crippen LogP contribution in [0.5, 0.6) is 5.19 Å². The van der Waals surface area contributed by atoms with Crippen molar-refractivity contribution in [1.29, 1.82) is 0 Å². The number of fused-ring (bicyclic) bond motifs is 1. The summed E-state index contributed by atoms with van der Waals surface area (Å²) in [4.78, 5) is 19.6. The van der Waals surface area contributed by atoms with Gasteiger partial charge in [0.05, 0.1) is 10.2 Å². The number of hydrogen-bond acceptors (Lipinski definition) is 7. The van der Waals surface area contributed by atoms with Crippen molar-refractivity contribution in [3.8, 4) is 5.19 Å². The molecule has 7 nitrogen and oxygen atoms in total. The highest BCUT2D eigenvalue weighted by atomic mass is 32.2. The normalized spacial score (nSPS) is 19.2. The molecule has 0 N–H and O–H groups in total. The maximum Gasteiger partial charge on any atom is 0.274 e. The fourth-order valence-electron chi connectivity index (χ4n) is 4.59. The largest absolute Gasteiger partial charge is 0.467 e. The minimum atomic E-state index is -3.44. The van der Waals surface area contributed by atoms with Gasteiger partial charge in [0.1, 0.15) is 10.3 Å². The molecular formula is C23H27N3O4S3. The number of amides is 1. The van der Waals surface area contributed by atoms with Crippen LogP contribution in [0.25, 0.3) is 10.2 Å². The van der Waals surface area contributed by atoms with Crippen molar-refractivity contribution in [1.82, 2.24) is 14.2 Å². The number of likely N-dealkylation sites (tertiary alicyclic amines) is 1. The molecule has 0 unspecified atom stereocenters. The first-order valence-corrected chi connectivity index (χ1v) is 14.4. The molecule has 0 radical (unpaired) electrons. The second-order valence-electron chi connectivity index (χ2n) is 8.65. The first-order chi connectivity index (χ1) is 15.9. The molecule has 2 fully saturated rings. The predicted octanol–water partition coefficient (Wildman–Crippen LogP) is 4.14. The van der Waals surface area contributed by atoms with Crippen LogP contribution in [0.4, 0.5) is 0 Å². The number of carbonyl (C=O) groups is 1. The Morgan fingerprint density at radius 1 is 1.06 bits per heavy atom. The molecule has 1 aromatic carbocycles. The summed E-state index contributed by atoms with van der Waals surface area (Å²) < 4.78 is 34.6. The van der Waals surface area contributed by atoms with Gasteiger partial charge in [-0.1, -0.05) is 29.5 Å². The van der Waals surface area contributed by atoms with E-state index in [1.807, 2.05) is 11.0 Å². The number of thiazole rings is 1. The molecular weight excluding hydrogens is 478 g/mol. The number of benzene rings is 1. The van der Waals surface area contributed by atoms with Crippen molar-refractivity contribution >= 4 is 48.8 Å². The minimum Gasteiger partial charge on any atom is -0.467 e. The molecule has 0 spiro atoms. The van der Waals surface area contributed by atoms with Gasteiger partial charge in [0.2, 0.25) is 5.91 Å². The van der Waals surface area contributed by atoms with Gasteiger partial charge in [-0.2, -0.15) is 4.31 Å². The van der Waals surface area contributed by atoms with Crippen molar-refractivity contribution in [3.05, 3.63) is 41.3 Å². The summed E-state index contributed by atoms with van der Waals surface area (Å²) >= 11 is 2.80. The lowest BCUT2D eigenvalue weighted by molar-refractivity contribution is -0.138. The van der Waals surface area contributed by atoms with Crippen molar-refractivity contribution < 1.29 is 17.9 Å². The number of aryl methyl sites for hydroxylation is 1. The summed E-state index contributed by atoms with van der Waals surface area (Å²) in [6, 6.07) is 9.53. The fraction of sp³-hybridized carbons (Fsp3) is 0.478. The lowest BCUT2D eigenvalue weighted by Gasteiger charge is -2.36. The van der Waals surface area contributed by atoms with Crippen molar-refractivity contribution in [2.24, 2.45) is 5.92 Å². The molecule has 33 heavy (non-hydrogen) atoms. The van der Waals surface area contributed by atoms with Crippen molar-refractivity contribution in [2.45, 2.75) is 42.9 Å². The summed E-state index contributed by atoms with van der Waals surface area (Å²) in [5.41, 5.74) is 2.14. The molecule has 0 bridgehead atoms. The number of rotatable bonds is 5. The minimum absolute atomic E-state index is 0.0627. The Morgan fingerprint density at radius 3 is 2.48 bits per heavy atom. The van der Waals surface area contributed by atoms with E-state index in [2.05, 4.69) is 24.0 Å². The molecule has 2 aromatic heterocycles. The molecule has 3 aromatic rings. The van der Waals surface area contributed by atoms with E-state index in [1.54, 1.807) is 28.8 Å². The summed E-state index contributed by atoms with van der Waals surface area (Å²) in [5.74, 6) is 0.0433. The van der Waals surface area contributed by atoms with Crippen molar-refractivity contribution in [2.75, 3.05) is 26.2 Å². The van der Waals surface area contributed by atoms with Crippen LogP contribution in [-0.2, 0) is 14.8 Å². The number of nitrogens with zero attached hydrogens (tertiary/aromatic N) is 3. The summed E-state index contributed by atoms with van der Waals surface area (Å²) in [5, 5.41) is 2.47. The Hall–Kier alpha value is -2.01. The second kappa shape index (κ2) is 9.32. The van der Waals surface area contributed by atoms with Gasteiger partial charge in [0, 0.05) is 44.9 Å². The number of ether oxygens (including phenoxy) is 1. The van der Waals surface area contributed by atoms with E-state index in [1.165, 1.54) is 15.6 Å². The molecule has 0 atom stereocenters. The Balaban J connectivity index is 1.12. The van der Waals surface area contributed by atoms with Crippen LogP contribution in [0.1, 0.15) is 31.2 Å². The fourth-order valence-corrected chi connectivity index (χ4v) is 8.17. The lowest BCUT2D eigenvalue weighted by atomic mass is 9.95. The van der Waals surface area contributed by atoms with Gasteiger partial charge in [-0.25, -0.2) is 13.4 Å². The van der Waals surface area contributed by atoms with Crippen LogP contribution in [0.3, 0.4) is 0 Å². The molecule has 2 aliphatic rings. The van der Waals surface area contributed by atoms with Gasteiger partial charge in [-0.15, -0.1) is 11.3 Å². The maximum absolute atomic E-state index is 13.1. The third-order valence-corrected chi connectivity index (χ3v) is 10.7. The van der Waals surface area contributed by atoms with E-state index < -0.39 is 10.0 Å². The van der Waals surface area contributed by atoms with Crippen LogP contribution >= 0.6 is 22.7 Å². The summed E-state index contributed by atoms with van der Waals surface area (Å²) in [6.45, 7) is 4.18. The third kappa shape index (κ3) is 4.66. The molecule has 10 heteroatoms. The SMILES string of the molecule is Cc1cccc2sc(OC3CCN(C(=O)C4CCN(S(=O)(=O)c5cccs5)CC4)CC3)nc12. The van der Waals surface area contributed by atoms with Gasteiger partial charge in [0.15, 0.2) is 0 Å². The quantitative estimate of drug-likeness (QED) is 0.521. The molecule has 5 rings (SSSR count). The smallest absolute Gasteiger partial charge is 0.274 e. The van der Waals surface area contributed by atoms with E-state index in [0.717, 1.165) is 28.6 Å². The zero-order chi connectivity index (χ0) is 23.0. The van der Waals surface area contributed by atoms with E-state index in [0.29, 0.717) is 48.4 Å². The highest BCUT2D eigenvalue weighted by Gasteiger charge is 2.35. The maximum atomic E-state index is 13.1. The summed E-state index contributed by atoms with van der Waals surface area (Å²) in [6.07, 6.45) is 2.78. The topological polar surface area (TPSA) is 79.8 Å². The van der Waals surface area contributed by atoms with E-state index in [-0.39, 0.29) is 17.9 Å². The number of hydrogen-bond donors (Lipinski definition) is 0. The molecule has 2 saturated heterocycles. The number of carbonyl (C=O) groups excluding carboxylic acids is 1. The predicted molar refractivity (Wildman–Crippen MR) is 130 cm³/mol. The Kier molecular flexibility index (Phi) is 6.43. The Labute approximate surface area is 202 Å². The van der Waals surface area contributed by atoms with Gasteiger partial charge < -0.3 is 9.64 Å². The average molecular weight is 506 g/mol. The molecule has 176 valence electrons. The standard InChI is InChI=1S/C23H27N3O4S3/c1-16-4-2-5-19-21(16)24-23(32-19)30-18-9-11-25(12-10-18)22(27)17-7-13-26(14-8-17)33(28,29)20-6-3-15-31-20/h2-6,15,17-18H,7-14H2,1H3. The second-order valence-corrected chi connectivity index (χ2v) is 12.8. The zero-order valence-electron chi connectivity index (χ0n) is 18.5. The monoisotopic (exact) mass is 505 g/mol. The molecule has 1 amide bonds. The van der Waals surface area contributed by atoms with Crippen LogP contribution in [0.2, 0.25) is 0 Å². The first-order valence-electron chi connectivity index (χ1n) is 11.3. The van der Waals surface area contributed by atoms with Crippen LogP contribution in [0, 0.1) is 12.8 Å². The molecule has 4 heterocycles. The Bertz CT molecular complexity index is 1220. The van der Waals surface area contributed by atoms with Gasteiger partial charge in [-0.3, -0.25) is 4.79 Å². The molecule has 0 saturated carbocycles. The van der Waals surface area contributed by atoms with E-state index >= 15 is 0 Å². The highest BCUT2D eigenvalue weighted by molar-refractivity contribution is 7.91. The van der Waals surface area contributed by atoms with E-state index in [9.17, 15) is 13.2 Å². The molecule has 2 aliphatic heterocycles. The zero-order valence-corrected chi connectivity index (χ0v) is 20.9. The number of sulfonamides is 1. The third-order valence-electron chi connectivity index (χ3n) is 6.51. The Morgan fingerprint density at radius 2 is 1.82 bits per heavy atom. The van der Waals surface area contributed by atoms with Crippen molar-refractivity contribution in [3.63, 3.8) is 0 Å². The summed E-state index contributed by atoms with van der Waals surface area (Å²) in [7, 11) is -3.44. The number of piperidine rings is 2. The first kappa shape index (κ1) is 22.8. The van der Waals surface area contributed by atoms with Crippen LogP contribution in [0.15, 0.2) is 39.9 Å². The average Bonchev–Trinajstić information content (AvgIpc) is 3.50. The van der Waals surface area contributed by atoms with Gasteiger partial charge >= 0.3 is 0 Å². The van der Waals surface area contributed by atoms with Crippen LogP contribution < -0.4 is 4.74 Å². The highest BCUT2D eigenvalue weighted by Crippen LogP contribution is 2.32. The van der Waals surface area contributed by atoms with E-state index in [4.69, 9.17) is 4.74 Å². The van der Waals surface area contributed by atoms with Crippen LogP contribution in [-0.4, -0.2) is 60.8 Å². The lowest BCUT2D eigenvalue weighted by Crippen LogP contribution is -2.47. The number of aromatic nitrogens is 1. The number of thiophene rings is 1.